The van der Waals surface area contributed by atoms with Crippen LogP contribution in [0.3, 0.4) is 0 Å². The maximum atomic E-state index is 10.5. The molecule has 0 saturated heterocycles. The van der Waals surface area contributed by atoms with Gasteiger partial charge in [-0.25, -0.2) is 0 Å². The zero-order valence-corrected chi connectivity index (χ0v) is 23.9. The molecule has 0 aliphatic heterocycles. The number of aromatic carboxylic acids is 1. The molecule has 4 nitrogen and oxygen atoms in total. The zero-order chi connectivity index (χ0) is 24.3. The smallest absolute Gasteiger partial charge is 0.550 e. The number of carbonyl (C=O) groups is 2. The van der Waals surface area contributed by atoms with Gasteiger partial charge in [0.25, 0.3) is 0 Å². The van der Waals surface area contributed by atoms with E-state index in [0.29, 0.717) is 0 Å². The molecule has 0 aliphatic rings. The Balaban J connectivity index is -0.000000183. The summed E-state index contributed by atoms with van der Waals surface area (Å²) in [5, 5.41) is 20.4. The number of rotatable bonds is 12. The molecule has 5 heteroatoms. The molecule has 1 aromatic rings. The largest absolute Gasteiger partial charge is 2.00 e. The molecular weight excluding hydrogens is 507 g/mol. The van der Waals surface area contributed by atoms with Crippen LogP contribution in [0.1, 0.15) is 121 Å². The summed E-state index contributed by atoms with van der Waals surface area (Å²) in [5.74, 6) is -2.02. The van der Waals surface area contributed by atoms with E-state index in [9.17, 15) is 19.8 Å². The van der Waals surface area contributed by atoms with E-state index in [1.54, 1.807) is 18.2 Å². The fourth-order valence-electron chi connectivity index (χ4n) is 2.11. The third-order valence-electron chi connectivity index (χ3n) is 4.17. The Kier molecular flexibility index (Phi) is 38.4. The molecule has 0 atom stereocenters. The summed E-state index contributed by atoms with van der Waals surface area (Å²) >= 11 is 0. The summed E-state index contributed by atoms with van der Waals surface area (Å²) in [6.07, 6.45) is 13.3. The molecule has 1 rings (SSSR count). The average Bonchev–Trinajstić information content (AvgIpc) is 2.78. The summed E-state index contributed by atoms with van der Waals surface area (Å²) < 4.78 is 0. The number of carbonyl (C=O) groups excluding carboxylic acids is 2. The van der Waals surface area contributed by atoms with E-state index in [0.717, 1.165) is 56.9 Å². The van der Waals surface area contributed by atoms with Gasteiger partial charge in [0.05, 0.1) is 5.97 Å². The third kappa shape index (κ3) is 33.6. The van der Waals surface area contributed by atoms with Gasteiger partial charge in [-0.2, -0.15) is 0 Å². The van der Waals surface area contributed by atoms with Crippen LogP contribution in [0.4, 0.5) is 0 Å². The van der Waals surface area contributed by atoms with Crippen LogP contribution in [-0.2, 0) is 11.2 Å². The van der Waals surface area contributed by atoms with E-state index < -0.39 is 11.9 Å². The van der Waals surface area contributed by atoms with Gasteiger partial charge in [-0.3, -0.25) is 0 Å². The minimum Gasteiger partial charge on any atom is -0.550 e. The molecule has 0 fully saturated rings. The van der Waals surface area contributed by atoms with Gasteiger partial charge in [0.2, 0.25) is 0 Å². The summed E-state index contributed by atoms with van der Waals surface area (Å²) in [6, 6.07) is 6.95. The zero-order valence-electron chi connectivity index (χ0n) is 21.0. The SMILES string of the molecule is CCCCCCCC(=O)[O-].CCCCc1cccc(C(=O)[O-])c1.[CH2]CCC.[CH2]CCC.[Sn+2]. The number of benzene rings is 1. The molecule has 0 aromatic heterocycles. The Bertz CT molecular complexity index is 510. The predicted molar refractivity (Wildman–Crippen MR) is 134 cm³/mol. The minimum absolute atomic E-state index is 0. The van der Waals surface area contributed by atoms with E-state index in [1.165, 1.54) is 25.7 Å². The van der Waals surface area contributed by atoms with Crippen molar-refractivity contribution in [3.8, 4) is 0 Å². The molecule has 182 valence electrons. The topological polar surface area (TPSA) is 80.3 Å². The number of hydrogen-bond donors (Lipinski definition) is 0. The average molecular weight is 553 g/mol. The van der Waals surface area contributed by atoms with Crippen molar-refractivity contribution in [3.05, 3.63) is 49.2 Å². The first kappa shape index (κ1) is 38.2. The van der Waals surface area contributed by atoms with E-state index >= 15 is 0 Å². The monoisotopic (exact) mass is 554 g/mol. The molecule has 0 bridgehead atoms. The Labute approximate surface area is 215 Å². The van der Waals surface area contributed by atoms with Crippen LogP contribution in [0.25, 0.3) is 0 Å². The second-order valence-electron chi connectivity index (χ2n) is 7.33. The van der Waals surface area contributed by atoms with Crippen molar-refractivity contribution in [2.75, 3.05) is 0 Å². The fourth-order valence-corrected chi connectivity index (χ4v) is 2.11. The third-order valence-corrected chi connectivity index (χ3v) is 4.17. The second-order valence-corrected chi connectivity index (χ2v) is 7.33. The van der Waals surface area contributed by atoms with Crippen molar-refractivity contribution in [2.45, 2.75) is 111 Å². The molecule has 0 aliphatic carbocycles. The molecule has 0 amide bonds. The molecule has 1 aromatic carbocycles. The second kappa shape index (κ2) is 32.1. The number of aliphatic carboxylic acids is 1. The van der Waals surface area contributed by atoms with Crippen LogP contribution in [0.2, 0.25) is 0 Å². The van der Waals surface area contributed by atoms with Gasteiger partial charge in [0.1, 0.15) is 0 Å². The molecule has 0 saturated carbocycles. The maximum Gasteiger partial charge on any atom is 2.00 e. The van der Waals surface area contributed by atoms with Crippen molar-refractivity contribution >= 4 is 35.8 Å². The summed E-state index contributed by atoms with van der Waals surface area (Å²) in [4.78, 5) is 20.4. The summed E-state index contributed by atoms with van der Waals surface area (Å²) in [6.45, 7) is 15.7. The van der Waals surface area contributed by atoms with Crippen LogP contribution < -0.4 is 10.2 Å². The van der Waals surface area contributed by atoms with Crippen LogP contribution >= 0.6 is 0 Å². The molecule has 4 radical (unpaired) electrons. The molecular formula is C27H46O4Sn. The van der Waals surface area contributed by atoms with Crippen molar-refractivity contribution in [1.29, 1.82) is 0 Å². The van der Waals surface area contributed by atoms with Crippen LogP contribution in [0.15, 0.2) is 24.3 Å². The van der Waals surface area contributed by atoms with Gasteiger partial charge >= 0.3 is 23.9 Å². The quantitative estimate of drug-likeness (QED) is 0.258. The molecule has 0 heterocycles. The van der Waals surface area contributed by atoms with E-state index in [-0.39, 0.29) is 35.9 Å². The van der Waals surface area contributed by atoms with Crippen molar-refractivity contribution < 1.29 is 19.8 Å². The van der Waals surface area contributed by atoms with Gasteiger partial charge in [-0.15, -0.1) is 0 Å². The summed E-state index contributed by atoms with van der Waals surface area (Å²) in [5.41, 5.74) is 1.34. The summed E-state index contributed by atoms with van der Waals surface area (Å²) in [7, 11) is 0. The van der Waals surface area contributed by atoms with Crippen molar-refractivity contribution in [1.82, 2.24) is 0 Å². The number of hydrogen-bond acceptors (Lipinski definition) is 4. The van der Waals surface area contributed by atoms with Gasteiger partial charge in [-0.1, -0.05) is 118 Å². The number of aryl methyl sites for hydroxylation is 1. The van der Waals surface area contributed by atoms with Gasteiger partial charge in [-0.05, 0) is 42.9 Å². The van der Waals surface area contributed by atoms with E-state index in [4.69, 9.17) is 0 Å². The first-order chi connectivity index (χ1) is 14.8. The van der Waals surface area contributed by atoms with Crippen molar-refractivity contribution in [2.24, 2.45) is 0 Å². The predicted octanol–water partition coefficient (Wildman–Crippen LogP) is 5.35. The Hall–Kier alpha value is -1.04. The van der Waals surface area contributed by atoms with Gasteiger partial charge in [0.15, 0.2) is 0 Å². The maximum absolute atomic E-state index is 10.5. The van der Waals surface area contributed by atoms with Crippen LogP contribution in [0.5, 0.6) is 0 Å². The van der Waals surface area contributed by atoms with Gasteiger partial charge < -0.3 is 19.8 Å². The first-order valence-electron chi connectivity index (χ1n) is 11.9. The number of unbranched alkanes of at least 4 members (excludes halogenated alkanes) is 7. The van der Waals surface area contributed by atoms with Crippen LogP contribution in [0, 0.1) is 13.8 Å². The normalized spacial score (nSPS) is 8.94. The Morgan fingerprint density at radius 1 is 0.781 bits per heavy atom. The minimum atomic E-state index is -1.10. The first-order valence-corrected chi connectivity index (χ1v) is 11.9. The van der Waals surface area contributed by atoms with Crippen molar-refractivity contribution in [3.63, 3.8) is 0 Å². The molecule has 0 spiro atoms. The number of carboxylic acid groups (broad SMARTS) is 2. The van der Waals surface area contributed by atoms with Gasteiger partial charge in [0, 0.05) is 5.97 Å². The Morgan fingerprint density at radius 3 is 1.69 bits per heavy atom. The van der Waals surface area contributed by atoms with E-state index in [1.807, 2.05) is 6.07 Å². The fraction of sp³-hybridized carbons (Fsp3) is 0.630. The molecule has 32 heavy (non-hydrogen) atoms. The van der Waals surface area contributed by atoms with Crippen LogP contribution in [-0.4, -0.2) is 35.8 Å². The molecule has 0 N–H and O–H groups in total. The Morgan fingerprint density at radius 2 is 1.28 bits per heavy atom. The van der Waals surface area contributed by atoms with E-state index in [2.05, 4.69) is 41.5 Å². The number of carboxylic acids is 2. The standard InChI is InChI=1S/C11H14O2.C8H16O2.2C4H9.Sn/c1-2-3-5-9-6-4-7-10(8-9)11(12)13;1-2-3-4-5-6-7-8(9)10;2*1-3-4-2;/h4,6-8H,2-3,5H2,1H3,(H,12,13);2-7H2,1H3,(H,9,10);2*1,3-4H2,2H3;/q;;;;+2/p-2. The molecule has 0 unspecified atom stereocenters.